The molecule has 13 heavy (non-hydrogen) atoms. The van der Waals surface area contributed by atoms with Crippen molar-refractivity contribution < 1.29 is 9.90 Å². The van der Waals surface area contributed by atoms with Crippen molar-refractivity contribution in [1.29, 1.82) is 0 Å². The number of urea groups is 1. The van der Waals surface area contributed by atoms with Crippen molar-refractivity contribution in [1.82, 2.24) is 0 Å². The minimum Gasteiger partial charge on any atom is -0.508 e. The minimum absolute atomic E-state index is 0.187. The van der Waals surface area contributed by atoms with Gasteiger partial charge in [0.2, 0.25) is 0 Å². The molecule has 4 N–H and O–H groups in total. The second kappa shape index (κ2) is 3.80. The van der Waals surface area contributed by atoms with E-state index in [0.717, 1.165) is 12.0 Å². The summed E-state index contributed by atoms with van der Waals surface area (Å²) >= 11 is 0. The summed E-state index contributed by atoms with van der Waals surface area (Å²) in [6.07, 6.45) is 0.726. The van der Waals surface area contributed by atoms with Gasteiger partial charge < -0.3 is 16.2 Å². The fourth-order valence-electron chi connectivity index (χ4n) is 1.13. The topological polar surface area (TPSA) is 75.3 Å². The Balaban J connectivity index is 2.99. The number of aryl methyl sites for hydroxylation is 1. The molecule has 0 aliphatic heterocycles. The van der Waals surface area contributed by atoms with Gasteiger partial charge >= 0.3 is 6.03 Å². The highest BCUT2D eigenvalue weighted by atomic mass is 16.3. The number of aromatic hydroxyl groups is 1. The van der Waals surface area contributed by atoms with Crippen molar-refractivity contribution in [3.63, 3.8) is 0 Å². The molecular formula is C9H12N2O2. The number of phenols is 1. The maximum atomic E-state index is 10.6. The molecule has 1 aromatic carbocycles. The lowest BCUT2D eigenvalue weighted by Crippen LogP contribution is -2.20. The van der Waals surface area contributed by atoms with Crippen LogP contribution < -0.4 is 11.1 Å². The maximum absolute atomic E-state index is 10.6. The van der Waals surface area contributed by atoms with Crippen LogP contribution in [0.15, 0.2) is 18.2 Å². The first-order valence-electron chi connectivity index (χ1n) is 4.02. The van der Waals surface area contributed by atoms with Crippen molar-refractivity contribution >= 4 is 11.7 Å². The van der Waals surface area contributed by atoms with Crippen LogP contribution in [0.4, 0.5) is 10.5 Å². The van der Waals surface area contributed by atoms with Crippen LogP contribution in [0.25, 0.3) is 0 Å². The first-order valence-corrected chi connectivity index (χ1v) is 4.02. The van der Waals surface area contributed by atoms with Crippen molar-refractivity contribution in [3.05, 3.63) is 23.8 Å². The van der Waals surface area contributed by atoms with Crippen molar-refractivity contribution in [2.24, 2.45) is 5.73 Å². The van der Waals surface area contributed by atoms with E-state index in [1.165, 1.54) is 6.07 Å². The molecule has 70 valence electrons. The predicted octanol–water partition coefficient (Wildman–Crippen LogP) is 1.45. The third-order valence-corrected chi connectivity index (χ3v) is 1.73. The zero-order valence-electron chi connectivity index (χ0n) is 7.37. The minimum atomic E-state index is -0.597. The SMILES string of the molecule is CCc1cc(O)ccc1NC(N)=O. The van der Waals surface area contributed by atoms with E-state index >= 15 is 0 Å². The first kappa shape index (κ1) is 9.38. The van der Waals surface area contributed by atoms with Crippen LogP contribution in [0.1, 0.15) is 12.5 Å². The van der Waals surface area contributed by atoms with Crippen molar-refractivity contribution in [2.75, 3.05) is 5.32 Å². The monoisotopic (exact) mass is 180 g/mol. The van der Waals surface area contributed by atoms with Gasteiger partial charge in [-0.05, 0) is 30.2 Å². The molecule has 0 spiro atoms. The van der Waals surface area contributed by atoms with Crippen LogP contribution in [0.5, 0.6) is 5.75 Å². The fourth-order valence-corrected chi connectivity index (χ4v) is 1.13. The number of primary amides is 1. The molecule has 0 bridgehead atoms. The zero-order chi connectivity index (χ0) is 9.84. The third-order valence-electron chi connectivity index (χ3n) is 1.73. The Morgan fingerprint density at radius 3 is 2.85 bits per heavy atom. The van der Waals surface area contributed by atoms with E-state index in [0.29, 0.717) is 5.69 Å². The Hall–Kier alpha value is -1.71. The standard InChI is InChI=1S/C9H12N2O2/c1-2-6-5-7(12)3-4-8(6)11-9(10)13/h3-5,12H,2H2,1H3,(H3,10,11,13). The van der Waals surface area contributed by atoms with E-state index in [1.807, 2.05) is 6.92 Å². The normalized spacial score (nSPS) is 9.62. The molecule has 0 heterocycles. The van der Waals surface area contributed by atoms with Crippen LogP contribution in [0.2, 0.25) is 0 Å². The van der Waals surface area contributed by atoms with Crippen molar-refractivity contribution in [3.8, 4) is 5.75 Å². The number of benzene rings is 1. The molecule has 0 fully saturated rings. The average Bonchev–Trinajstić information content (AvgIpc) is 2.07. The Morgan fingerprint density at radius 1 is 1.62 bits per heavy atom. The highest BCUT2D eigenvalue weighted by Gasteiger charge is 2.03. The molecule has 4 nitrogen and oxygen atoms in total. The van der Waals surface area contributed by atoms with Gasteiger partial charge in [-0.15, -0.1) is 0 Å². The highest BCUT2D eigenvalue weighted by Crippen LogP contribution is 2.21. The van der Waals surface area contributed by atoms with E-state index in [4.69, 9.17) is 10.8 Å². The van der Waals surface area contributed by atoms with Crippen LogP contribution in [0, 0.1) is 0 Å². The molecule has 0 saturated carbocycles. The molecule has 0 aliphatic carbocycles. The number of nitrogens with two attached hydrogens (primary N) is 1. The van der Waals surface area contributed by atoms with Gasteiger partial charge in [0.25, 0.3) is 0 Å². The van der Waals surface area contributed by atoms with Gasteiger partial charge in [0.05, 0.1) is 0 Å². The summed E-state index contributed by atoms with van der Waals surface area (Å²) in [7, 11) is 0. The van der Waals surface area contributed by atoms with Gasteiger partial charge in [-0.3, -0.25) is 0 Å². The number of anilines is 1. The molecule has 1 rings (SSSR count). The summed E-state index contributed by atoms with van der Waals surface area (Å²) < 4.78 is 0. The number of hydrogen-bond donors (Lipinski definition) is 3. The summed E-state index contributed by atoms with van der Waals surface area (Å²) in [6.45, 7) is 1.93. The van der Waals surface area contributed by atoms with Gasteiger partial charge in [-0.2, -0.15) is 0 Å². The number of carbonyl (C=O) groups is 1. The van der Waals surface area contributed by atoms with Crippen LogP contribution >= 0.6 is 0 Å². The summed E-state index contributed by atoms with van der Waals surface area (Å²) in [5, 5.41) is 11.6. The first-order chi connectivity index (χ1) is 6.13. The van der Waals surface area contributed by atoms with Crippen LogP contribution in [-0.2, 0) is 6.42 Å². The van der Waals surface area contributed by atoms with Crippen LogP contribution in [0.3, 0.4) is 0 Å². The molecular weight excluding hydrogens is 168 g/mol. The van der Waals surface area contributed by atoms with Gasteiger partial charge in [0, 0.05) is 5.69 Å². The Labute approximate surface area is 76.4 Å². The molecule has 0 atom stereocenters. The Kier molecular flexibility index (Phi) is 2.74. The molecule has 1 aromatic rings. The second-order valence-electron chi connectivity index (χ2n) is 2.68. The number of hydrogen-bond acceptors (Lipinski definition) is 2. The van der Waals surface area contributed by atoms with Crippen molar-refractivity contribution in [2.45, 2.75) is 13.3 Å². The predicted molar refractivity (Wildman–Crippen MR) is 50.7 cm³/mol. The van der Waals surface area contributed by atoms with E-state index in [2.05, 4.69) is 5.32 Å². The Bertz CT molecular complexity index is 323. The summed E-state index contributed by atoms with van der Waals surface area (Å²) in [5.41, 5.74) is 6.48. The lowest BCUT2D eigenvalue weighted by molar-refractivity contribution is 0.259. The highest BCUT2D eigenvalue weighted by molar-refractivity contribution is 5.88. The number of carbonyl (C=O) groups excluding carboxylic acids is 1. The van der Waals surface area contributed by atoms with E-state index in [1.54, 1.807) is 12.1 Å². The molecule has 2 amide bonds. The summed E-state index contributed by atoms with van der Waals surface area (Å²) in [5.74, 6) is 0.187. The quantitative estimate of drug-likeness (QED) is 0.602. The second-order valence-corrected chi connectivity index (χ2v) is 2.68. The fraction of sp³-hybridized carbons (Fsp3) is 0.222. The number of amides is 2. The number of nitrogens with one attached hydrogen (secondary N) is 1. The van der Waals surface area contributed by atoms with E-state index in [9.17, 15) is 4.79 Å². The smallest absolute Gasteiger partial charge is 0.316 e. The maximum Gasteiger partial charge on any atom is 0.316 e. The van der Waals surface area contributed by atoms with Gasteiger partial charge in [-0.25, -0.2) is 4.79 Å². The number of phenolic OH excluding ortho intramolecular Hbond substituents is 1. The zero-order valence-corrected chi connectivity index (χ0v) is 7.37. The van der Waals surface area contributed by atoms with Crippen LogP contribution in [-0.4, -0.2) is 11.1 Å². The van der Waals surface area contributed by atoms with Gasteiger partial charge in [0.1, 0.15) is 5.75 Å². The lowest BCUT2D eigenvalue weighted by Gasteiger charge is -2.07. The molecule has 0 unspecified atom stereocenters. The average molecular weight is 180 g/mol. The number of rotatable bonds is 2. The lowest BCUT2D eigenvalue weighted by atomic mass is 10.1. The van der Waals surface area contributed by atoms with E-state index in [-0.39, 0.29) is 5.75 Å². The molecule has 4 heteroatoms. The Morgan fingerprint density at radius 2 is 2.31 bits per heavy atom. The summed E-state index contributed by atoms with van der Waals surface area (Å²) in [6, 6.07) is 4.13. The van der Waals surface area contributed by atoms with Gasteiger partial charge in [-0.1, -0.05) is 6.92 Å². The molecule has 0 radical (unpaired) electrons. The molecule has 0 aliphatic rings. The molecule has 0 saturated heterocycles. The molecule has 0 aromatic heterocycles. The van der Waals surface area contributed by atoms with Gasteiger partial charge in [0.15, 0.2) is 0 Å². The summed E-state index contributed by atoms with van der Waals surface area (Å²) in [4.78, 5) is 10.6. The third kappa shape index (κ3) is 2.37. The largest absolute Gasteiger partial charge is 0.508 e. The van der Waals surface area contributed by atoms with E-state index < -0.39 is 6.03 Å².